The minimum absolute atomic E-state index is 0.351. The van der Waals surface area contributed by atoms with Gasteiger partial charge in [0.15, 0.2) is 0 Å². The molecule has 2 aliphatic rings. The number of pyridine rings is 1. The Hall–Kier alpha value is -4.28. The summed E-state index contributed by atoms with van der Waals surface area (Å²) in [5, 5.41) is 7.97. The lowest BCUT2D eigenvalue weighted by atomic mass is 9.97. The van der Waals surface area contributed by atoms with Crippen LogP contribution < -0.4 is 20.4 Å². The molecule has 0 bridgehead atoms. The van der Waals surface area contributed by atoms with E-state index in [2.05, 4.69) is 99.1 Å². The van der Waals surface area contributed by atoms with Gasteiger partial charge < -0.3 is 15.1 Å². The van der Waals surface area contributed by atoms with Crippen molar-refractivity contribution in [2.24, 2.45) is 5.92 Å². The predicted octanol–water partition coefficient (Wildman–Crippen LogP) is 5.09. The van der Waals surface area contributed by atoms with Gasteiger partial charge in [-0.05, 0) is 72.8 Å². The SMILES string of the molecule is CN(C)c1cccc(-c2cc3ccccc3c(CNCC3CCN(c4nccc(/C=C5/SC(=O)NC5=O)n4)CC3)n2)c1. The molecule has 42 heavy (non-hydrogen) atoms. The van der Waals surface area contributed by atoms with Gasteiger partial charge in [-0.1, -0.05) is 36.4 Å². The fourth-order valence-corrected chi connectivity index (χ4v) is 6.05. The average Bonchev–Trinajstić information content (AvgIpc) is 3.33. The van der Waals surface area contributed by atoms with E-state index < -0.39 is 0 Å². The van der Waals surface area contributed by atoms with Crippen LogP contribution in [0.1, 0.15) is 24.2 Å². The van der Waals surface area contributed by atoms with Crippen molar-refractivity contribution in [3.05, 3.63) is 83.2 Å². The van der Waals surface area contributed by atoms with Crippen LogP contribution in [-0.2, 0) is 11.3 Å². The Morgan fingerprint density at radius 2 is 1.88 bits per heavy atom. The third kappa shape index (κ3) is 6.29. The Labute approximate surface area is 249 Å². The maximum Gasteiger partial charge on any atom is 0.290 e. The van der Waals surface area contributed by atoms with E-state index in [4.69, 9.17) is 4.98 Å². The number of fused-ring (bicyclic) bond motifs is 1. The fourth-order valence-electron chi connectivity index (χ4n) is 5.38. The molecular formula is C32H33N7O2S. The van der Waals surface area contributed by atoms with E-state index >= 15 is 0 Å². The molecule has 0 radical (unpaired) electrons. The Kier molecular flexibility index (Phi) is 8.16. The summed E-state index contributed by atoms with van der Waals surface area (Å²) in [5.41, 5.74) is 4.93. The lowest BCUT2D eigenvalue weighted by Gasteiger charge is -2.32. The number of amides is 2. The summed E-state index contributed by atoms with van der Waals surface area (Å²) < 4.78 is 0. The van der Waals surface area contributed by atoms with Crippen LogP contribution in [0.5, 0.6) is 0 Å². The topological polar surface area (TPSA) is 103 Å². The van der Waals surface area contributed by atoms with E-state index in [1.807, 2.05) is 0 Å². The summed E-state index contributed by atoms with van der Waals surface area (Å²) in [6, 6.07) is 20.9. The largest absolute Gasteiger partial charge is 0.378 e. The first-order valence-electron chi connectivity index (χ1n) is 14.1. The van der Waals surface area contributed by atoms with Crippen molar-refractivity contribution in [3.8, 4) is 11.3 Å². The molecule has 2 aliphatic heterocycles. The number of nitrogens with one attached hydrogen (secondary N) is 2. The van der Waals surface area contributed by atoms with E-state index in [1.54, 1.807) is 18.3 Å². The minimum Gasteiger partial charge on any atom is -0.378 e. The molecule has 6 rings (SSSR count). The molecule has 4 aromatic rings. The van der Waals surface area contributed by atoms with Crippen molar-refractivity contribution in [1.82, 2.24) is 25.6 Å². The number of rotatable bonds is 8. The highest BCUT2D eigenvalue weighted by molar-refractivity contribution is 8.18. The monoisotopic (exact) mass is 579 g/mol. The Bertz CT molecular complexity index is 1660. The summed E-state index contributed by atoms with van der Waals surface area (Å²) in [7, 11) is 4.10. The molecule has 4 heterocycles. The van der Waals surface area contributed by atoms with Crippen molar-refractivity contribution in [1.29, 1.82) is 0 Å². The molecule has 0 aliphatic carbocycles. The van der Waals surface area contributed by atoms with Crippen LogP contribution >= 0.6 is 11.8 Å². The molecule has 2 saturated heterocycles. The Morgan fingerprint density at radius 1 is 1.05 bits per heavy atom. The normalized spacial score (nSPS) is 16.8. The van der Waals surface area contributed by atoms with Crippen LogP contribution in [0.2, 0.25) is 0 Å². The number of carbonyl (C=O) groups is 2. The van der Waals surface area contributed by atoms with Gasteiger partial charge in [-0.3, -0.25) is 19.9 Å². The lowest BCUT2D eigenvalue weighted by Crippen LogP contribution is -2.38. The molecule has 2 amide bonds. The first-order valence-corrected chi connectivity index (χ1v) is 14.9. The minimum atomic E-state index is -0.382. The van der Waals surface area contributed by atoms with Gasteiger partial charge in [0.1, 0.15) is 0 Å². The quantitative estimate of drug-likeness (QED) is 0.276. The van der Waals surface area contributed by atoms with Gasteiger partial charge in [-0.15, -0.1) is 0 Å². The second-order valence-electron chi connectivity index (χ2n) is 10.8. The molecule has 9 nitrogen and oxygen atoms in total. The van der Waals surface area contributed by atoms with Crippen LogP contribution in [0.15, 0.2) is 71.8 Å². The van der Waals surface area contributed by atoms with Gasteiger partial charge in [0.25, 0.3) is 11.1 Å². The number of aromatic nitrogens is 3. The first-order chi connectivity index (χ1) is 20.4. The third-order valence-electron chi connectivity index (χ3n) is 7.69. The standard InChI is InChI=1S/C32H33N7O2S/c1-38(2)25-8-5-7-23(16-25)27-17-22-6-3-4-9-26(22)28(36-27)20-33-19-21-11-14-39(15-12-21)31-34-13-10-24(35-31)18-29-30(40)37-32(41)42-29/h3-10,13,16-18,21,33H,11-12,14-15,19-20H2,1-2H3,(H,37,40,41)/b29-18+. The van der Waals surface area contributed by atoms with Crippen LogP contribution in [0.4, 0.5) is 16.4 Å². The van der Waals surface area contributed by atoms with Gasteiger partial charge in [0, 0.05) is 56.6 Å². The van der Waals surface area contributed by atoms with Gasteiger partial charge in [-0.2, -0.15) is 0 Å². The average molecular weight is 580 g/mol. The predicted molar refractivity (Wildman–Crippen MR) is 169 cm³/mol. The van der Waals surface area contributed by atoms with E-state index in [-0.39, 0.29) is 11.1 Å². The van der Waals surface area contributed by atoms with Crippen LogP contribution in [0, 0.1) is 5.92 Å². The summed E-state index contributed by atoms with van der Waals surface area (Å²) in [6.07, 6.45) is 5.39. The Balaban J connectivity index is 1.08. The number of hydrogen-bond acceptors (Lipinski definition) is 9. The zero-order valence-electron chi connectivity index (χ0n) is 23.7. The molecule has 2 aromatic heterocycles. The summed E-state index contributed by atoms with van der Waals surface area (Å²) >= 11 is 0.892. The molecule has 0 saturated carbocycles. The van der Waals surface area contributed by atoms with Crippen LogP contribution in [-0.4, -0.2) is 59.8 Å². The molecule has 0 atom stereocenters. The number of hydrogen-bond donors (Lipinski definition) is 2. The van der Waals surface area contributed by atoms with E-state index in [9.17, 15) is 9.59 Å². The molecular weight excluding hydrogens is 546 g/mol. The highest BCUT2D eigenvalue weighted by atomic mass is 32.2. The summed E-state index contributed by atoms with van der Waals surface area (Å²) in [6.45, 7) is 3.34. The number of carbonyl (C=O) groups excluding carboxylic acids is 2. The Morgan fingerprint density at radius 3 is 2.67 bits per heavy atom. The molecule has 2 N–H and O–H groups in total. The smallest absolute Gasteiger partial charge is 0.290 e. The second kappa shape index (κ2) is 12.3. The van der Waals surface area contributed by atoms with Crippen molar-refractivity contribution < 1.29 is 9.59 Å². The van der Waals surface area contributed by atoms with Gasteiger partial charge in [0.2, 0.25) is 5.95 Å². The summed E-state index contributed by atoms with van der Waals surface area (Å²) in [5.74, 6) is 0.811. The number of anilines is 2. The van der Waals surface area contributed by atoms with Crippen LogP contribution in [0.3, 0.4) is 0 Å². The molecule has 0 spiro atoms. The maximum atomic E-state index is 11.9. The lowest BCUT2D eigenvalue weighted by molar-refractivity contribution is -0.115. The molecule has 214 valence electrons. The van der Waals surface area contributed by atoms with Gasteiger partial charge >= 0.3 is 0 Å². The number of nitrogens with zero attached hydrogens (tertiary/aromatic N) is 5. The van der Waals surface area contributed by atoms with Crippen molar-refractivity contribution in [2.45, 2.75) is 19.4 Å². The maximum absolute atomic E-state index is 11.9. The molecule has 10 heteroatoms. The highest BCUT2D eigenvalue weighted by Gasteiger charge is 2.26. The first kappa shape index (κ1) is 27.9. The zero-order valence-corrected chi connectivity index (χ0v) is 24.5. The van der Waals surface area contributed by atoms with E-state index in [0.717, 1.165) is 66.9 Å². The number of thioether (sulfide) groups is 1. The van der Waals surface area contributed by atoms with E-state index in [1.165, 1.54) is 10.8 Å². The zero-order chi connectivity index (χ0) is 29.1. The highest BCUT2D eigenvalue weighted by Crippen LogP contribution is 2.28. The van der Waals surface area contributed by atoms with E-state index in [0.29, 0.717) is 29.0 Å². The van der Waals surface area contributed by atoms with Gasteiger partial charge in [0.05, 0.1) is 22.0 Å². The molecule has 2 fully saturated rings. The second-order valence-corrected chi connectivity index (χ2v) is 11.8. The fraction of sp³-hybridized carbons (Fsp3) is 0.281. The molecule has 2 aromatic carbocycles. The third-order valence-corrected chi connectivity index (χ3v) is 8.50. The number of piperidine rings is 1. The van der Waals surface area contributed by atoms with Crippen molar-refractivity contribution in [2.75, 3.05) is 43.5 Å². The van der Waals surface area contributed by atoms with Crippen molar-refractivity contribution >= 4 is 51.4 Å². The van der Waals surface area contributed by atoms with Crippen molar-refractivity contribution in [3.63, 3.8) is 0 Å². The summed E-state index contributed by atoms with van der Waals surface area (Å²) in [4.78, 5) is 42.2. The number of benzene rings is 2. The van der Waals surface area contributed by atoms with Gasteiger partial charge in [-0.25, -0.2) is 9.97 Å². The van der Waals surface area contributed by atoms with Crippen LogP contribution in [0.25, 0.3) is 28.1 Å². The number of imide groups is 1. The molecule has 0 unspecified atom stereocenters.